The van der Waals surface area contributed by atoms with E-state index in [1.165, 1.54) is 18.2 Å². The van der Waals surface area contributed by atoms with Crippen molar-refractivity contribution in [2.24, 2.45) is 0 Å². The van der Waals surface area contributed by atoms with Crippen molar-refractivity contribution >= 4 is 11.7 Å². The summed E-state index contributed by atoms with van der Waals surface area (Å²) in [5, 5.41) is 15.2. The number of rotatable bonds is 4. The van der Waals surface area contributed by atoms with Gasteiger partial charge in [0, 0.05) is 18.7 Å². The number of carbonyl (C=O) groups is 1. The van der Waals surface area contributed by atoms with Gasteiger partial charge in [-0.25, -0.2) is 4.79 Å². The predicted octanol–water partition coefficient (Wildman–Crippen LogP) is 3.76. The molecule has 1 atom stereocenters. The molecule has 2 aromatic carbocycles. The van der Waals surface area contributed by atoms with Crippen molar-refractivity contribution in [1.29, 1.82) is 0 Å². The van der Waals surface area contributed by atoms with Gasteiger partial charge < -0.3 is 20.5 Å². The number of anilines is 1. The summed E-state index contributed by atoms with van der Waals surface area (Å²) < 4.78 is 40.7. The van der Waals surface area contributed by atoms with Gasteiger partial charge in [0.05, 0.1) is 6.10 Å². The third kappa shape index (κ3) is 5.37. The summed E-state index contributed by atoms with van der Waals surface area (Å²) >= 11 is 0. The molecule has 2 aromatic rings. The number of carbonyl (C=O) groups excluding carboxylic acids is 1. The molecule has 0 radical (unpaired) electrons. The fourth-order valence-corrected chi connectivity index (χ4v) is 3.09. The average molecular weight is 380 g/mol. The van der Waals surface area contributed by atoms with E-state index in [9.17, 15) is 23.1 Å². The summed E-state index contributed by atoms with van der Waals surface area (Å²) in [6.07, 6.45) is -3.28. The Morgan fingerprint density at radius 1 is 1.22 bits per heavy atom. The lowest BCUT2D eigenvalue weighted by Gasteiger charge is -2.23. The highest BCUT2D eigenvalue weighted by Gasteiger charge is 2.31. The van der Waals surface area contributed by atoms with E-state index in [-0.39, 0.29) is 12.3 Å². The molecular weight excluding hydrogens is 361 g/mol. The highest BCUT2D eigenvalue weighted by atomic mass is 19.4. The molecule has 0 heterocycles. The molecule has 2 amide bonds. The number of hydrogen-bond acceptors (Lipinski definition) is 3. The van der Waals surface area contributed by atoms with Crippen LogP contribution in [0.2, 0.25) is 0 Å². The molecule has 0 spiro atoms. The number of aliphatic hydroxyl groups excluding tert-OH is 1. The molecule has 0 aliphatic heterocycles. The molecular formula is C19H19F3N2O3. The van der Waals surface area contributed by atoms with Crippen LogP contribution in [0.3, 0.4) is 0 Å². The largest absolute Gasteiger partial charge is 0.573 e. The quantitative estimate of drug-likeness (QED) is 0.757. The third-order valence-corrected chi connectivity index (χ3v) is 4.29. The first kappa shape index (κ1) is 19.0. The zero-order chi connectivity index (χ0) is 19.4. The van der Waals surface area contributed by atoms with Gasteiger partial charge in [-0.3, -0.25) is 0 Å². The molecule has 0 bridgehead atoms. The summed E-state index contributed by atoms with van der Waals surface area (Å²) in [4.78, 5) is 12.2. The number of fused-ring (bicyclic) bond motifs is 1. The fourth-order valence-electron chi connectivity index (χ4n) is 3.09. The van der Waals surface area contributed by atoms with Crippen molar-refractivity contribution in [3.05, 3.63) is 59.2 Å². The fraction of sp³-hybridized carbons (Fsp3) is 0.316. The molecule has 3 rings (SSSR count). The minimum Gasteiger partial charge on any atom is -0.406 e. The van der Waals surface area contributed by atoms with Crippen LogP contribution in [0.15, 0.2) is 42.5 Å². The van der Waals surface area contributed by atoms with E-state index < -0.39 is 18.5 Å². The number of ether oxygens (including phenoxy) is 1. The number of aryl methyl sites for hydroxylation is 1. The normalized spacial score (nSPS) is 16.4. The Morgan fingerprint density at radius 2 is 2.00 bits per heavy atom. The molecule has 8 heteroatoms. The Labute approximate surface area is 154 Å². The number of aliphatic hydroxyl groups is 1. The Bertz CT molecular complexity index is 824. The smallest absolute Gasteiger partial charge is 0.406 e. The minimum absolute atomic E-state index is 0.0402. The van der Waals surface area contributed by atoms with Gasteiger partial charge in [0.2, 0.25) is 0 Å². The van der Waals surface area contributed by atoms with E-state index in [0.29, 0.717) is 24.1 Å². The lowest BCUT2D eigenvalue weighted by molar-refractivity contribution is -0.274. The predicted molar refractivity (Wildman–Crippen MR) is 93.5 cm³/mol. The summed E-state index contributed by atoms with van der Waals surface area (Å²) in [7, 11) is 0. The molecule has 0 saturated heterocycles. The topological polar surface area (TPSA) is 70.6 Å². The van der Waals surface area contributed by atoms with Gasteiger partial charge in [-0.1, -0.05) is 24.3 Å². The monoisotopic (exact) mass is 380 g/mol. The van der Waals surface area contributed by atoms with Crippen LogP contribution in [0.1, 0.15) is 23.1 Å². The number of amides is 2. The number of urea groups is 1. The molecule has 3 N–H and O–H groups in total. The van der Waals surface area contributed by atoms with Gasteiger partial charge in [0.1, 0.15) is 5.75 Å². The second-order valence-corrected chi connectivity index (χ2v) is 6.34. The van der Waals surface area contributed by atoms with E-state index in [1.807, 2.05) is 12.1 Å². The summed E-state index contributed by atoms with van der Waals surface area (Å²) in [6.45, 7) is 0.0402. The van der Waals surface area contributed by atoms with E-state index >= 15 is 0 Å². The van der Waals surface area contributed by atoms with Crippen molar-refractivity contribution < 1.29 is 27.8 Å². The Morgan fingerprint density at radius 3 is 2.78 bits per heavy atom. The van der Waals surface area contributed by atoms with Gasteiger partial charge in [0.25, 0.3) is 0 Å². The van der Waals surface area contributed by atoms with Crippen molar-refractivity contribution in [3.8, 4) is 5.75 Å². The van der Waals surface area contributed by atoms with Crippen LogP contribution in [0.5, 0.6) is 5.75 Å². The van der Waals surface area contributed by atoms with Crippen LogP contribution in [0.4, 0.5) is 23.7 Å². The zero-order valence-electron chi connectivity index (χ0n) is 14.3. The molecule has 1 unspecified atom stereocenters. The molecule has 0 aromatic heterocycles. The van der Waals surface area contributed by atoms with Gasteiger partial charge in [-0.05, 0) is 47.7 Å². The molecule has 1 aliphatic rings. The molecule has 0 fully saturated rings. The maximum atomic E-state index is 12.3. The molecule has 1 aliphatic carbocycles. The first-order valence-corrected chi connectivity index (χ1v) is 8.48. The standard InChI is InChI=1S/C19H19F3N2O3/c20-19(21,22)27-15-5-1-3-12(9-15)11-23-18(26)24-17-6-2-4-13-7-8-14(25)10-16(13)17/h1-6,9,14,25H,7-8,10-11H2,(H2,23,24,26). The van der Waals surface area contributed by atoms with Crippen LogP contribution >= 0.6 is 0 Å². The third-order valence-electron chi connectivity index (χ3n) is 4.29. The zero-order valence-corrected chi connectivity index (χ0v) is 14.3. The number of halogens is 3. The SMILES string of the molecule is O=C(NCc1cccc(OC(F)(F)F)c1)Nc1cccc2c1CC(O)CC2. The summed E-state index contributed by atoms with van der Waals surface area (Å²) in [5.74, 6) is -0.340. The number of alkyl halides is 3. The summed E-state index contributed by atoms with van der Waals surface area (Å²) in [5.41, 5.74) is 3.09. The number of hydrogen-bond donors (Lipinski definition) is 3. The maximum absolute atomic E-state index is 12.3. The molecule has 5 nitrogen and oxygen atoms in total. The van der Waals surface area contributed by atoms with Gasteiger partial charge in [0.15, 0.2) is 0 Å². The minimum atomic E-state index is -4.76. The Kier molecular flexibility index (Phi) is 5.55. The first-order valence-electron chi connectivity index (χ1n) is 8.48. The van der Waals surface area contributed by atoms with Crippen LogP contribution in [-0.4, -0.2) is 23.6 Å². The number of nitrogens with one attached hydrogen (secondary N) is 2. The van der Waals surface area contributed by atoms with Crippen molar-refractivity contribution in [2.45, 2.75) is 38.3 Å². The Hall–Kier alpha value is -2.74. The van der Waals surface area contributed by atoms with Gasteiger partial charge >= 0.3 is 12.4 Å². The van der Waals surface area contributed by atoms with Crippen LogP contribution in [-0.2, 0) is 19.4 Å². The van der Waals surface area contributed by atoms with Crippen LogP contribution in [0, 0.1) is 0 Å². The van der Waals surface area contributed by atoms with E-state index in [4.69, 9.17) is 0 Å². The lowest BCUT2D eigenvalue weighted by Crippen LogP contribution is -2.29. The van der Waals surface area contributed by atoms with Gasteiger partial charge in [-0.15, -0.1) is 13.2 Å². The van der Waals surface area contributed by atoms with Gasteiger partial charge in [-0.2, -0.15) is 0 Å². The molecule has 144 valence electrons. The first-order chi connectivity index (χ1) is 12.8. The van der Waals surface area contributed by atoms with E-state index in [0.717, 1.165) is 17.5 Å². The number of benzene rings is 2. The van der Waals surface area contributed by atoms with Crippen LogP contribution in [0.25, 0.3) is 0 Å². The van der Waals surface area contributed by atoms with Crippen molar-refractivity contribution in [2.75, 3.05) is 5.32 Å². The Balaban J connectivity index is 1.60. The molecule has 27 heavy (non-hydrogen) atoms. The van der Waals surface area contributed by atoms with Crippen molar-refractivity contribution in [3.63, 3.8) is 0 Å². The lowest BCUT2D eigenvalue weighted by atomic mass is 9.88. The molecule has 0 saturated carbocycles. The summed E-state index contributed by atoms with van der Waals surface area (Å²) in [6, 6.07) is 10.5. The highest BCUT2D eigenvalue weighted by Crippen LogP contribution is 2.28. The highest BCUT2D eigenvalue weighted by molar-refractivity contribution is 5.90. The van der Waals surface area contributed by atoms with Crippen LogP contribution < -0.4 is 15.4 Å². The average Bonchev–Trinajstić information content (AvgIpc) is 2.59. The second-order valence-electron chi connectivity index (χ2n) is 6.34. The van der Waals surface area contributed by atoms with E-state index in [1.54, 1.807) is 12.1 Å². The van der Waals surface area contributed by atoms with E-state index in [2.05, 4.69) is 15.4 Å². The maximum Gasteiger partial charge on any atom is 0.573 e. The second kappa shape index (κ2) is 7.87. The van der Waals surface area contributed by atoms with Crippen molar-refractivity contribution in [1.82, 2.24) is 5.32 Å².